The molecule has 0 unspecified atom stereocenters. The van der Waals surface area contributed by atoms with Crippen molar-refractivity contribution in [2.75, 3.05) is 17.2 Å². The number of carbonyl (C=O) groups is 2. The number of benzene rings is 2. The van der Waals surface area contributed by atoms with Crippen molar-refractivity contribution in [1.29, 1.82) is 0 Å². The lowest BCUT2D eigenvalue weighted by atomic mass is 10.2. The highest BCUT2D eigenvalue weighted by Gasteiger charge is 2.16. The van der Waals surface area contributed by atoms with E-state index in [1.807, 2.05) is 0 Å². The van der Waals surface area contributed by atoms with E-state index in [9.17, 15) is 26.8 Å². The molecule has 2 aromatic rings. The normalized spacial score (nSPS) is 11.1. The van der Waals surface area contributed by atoms with Crippen LogP contribution in [0, 0.1) is 11.6 Å². The molecule has 0 aromatic heterocycles. The fourth-order valence-corrected chi connectivity index (χ4v) is 3.40. The van der Waals surface area contributed by atoms with Crippen molar-refractivity contribution in [2.24, 2.45) is 0 Å². The predicted octanol–water partition coefficient (Wildman–Crippen LogP) is 2.88. The standard InChI is InChI=1S/C17H16ClF2N3O4S/c1-10(24)22-16-5-2-11(8-13(16)18)23-17(25)6-7-21-28(26,27)12-3-4-14(19)15(20)9-12/h2-5,8-9,21H,6-7H2,1H3,(H,22,24)(H,23,25). The minimum Gasteiger partial charge on any atom is -0.326 e. The van der Waals surface area contributed by atoms with Crippen LogP contribution < -0.4 is 15.4 Å². The molecule has 0 bridgehead atoms. The maximum Gasteiger partial charge on any atom is 0.240 e. The number of rotatable bonds is 7. The highest BCUT2D eigenvalue weighted by molar-refractivity contribution is 7.89. The summed E-state index contributed by atoms with van der Waals surface area (Å²) in [5.74, 6) is -3.26. The Bertz CT molecular complexity index is 1020. The summed E-state index contributed by atoms with van der Waals surface area (Å²) in [6.07, 6.45) is -0.214. The van der Waals surface area contributed by atoms with Gasteiger partial charge in [0.05, 0.1) is 15.6 Å². The van der Waals surface area contributed by atoms with Gasteiger partial charge in [0.25, 0.3) is 0 Å². The molecule has 3 N–H and O–H groups in total. The number of nitrogens with one attached hydrogen (secondary N) is 3. The molecular formula is C17H16ClF2N3O4S. The van der Waals surface area contributed by atoms with Gasteiger partial charge in [-0.15, -0.1) is 0 Å². The van der Waals surface area contributed by atoms with Gasteiger partial charge in [-0.1, -0.05) is 11.6 Å². The topological polar surface area (TPSA) is 104 Å². The van der Waals surface area contributed by atoms with Gasteiger partial charge in [0, 0.05) is 25.6 Å². The van der Waals surface area contributed by atoms with E-state index in [0.717, 1.165) is 6.07 Å². The number of carbonyl (C=O) groups excluding carboxylic acids is 2. The van der Waals surface area contributed by atoms with E-state index in [1.165, 1.54) is 25.1 Å². The van der Waals surface area contributed by atoms with Crippen LogP contribution in [0.2, 0.25) is 5.02 Å². The SMILES string of the molecule is CC(=O)Nc1ccc(NC(=O)CCNS(=O)(=O)c2ccc(F)c(F)c2)cc1Cl. The summed E-state index contributed by atoms with van der Waals surface area (Å²) in [4.78, 5) is 22.5. The molecule has 28 heavy (non-hydrogen) atoms. The summed E-state index contributed by atoms with van der Waals surface area (Å²) >= 11 is 6.00. The summed E-state index contributed by atoms with van der Waals surface area (Å²) in [5, 5.41) is 5.26. The summed E-state index contributed by atoms with van der Waals surface area (Å²) in [7, 11) is -4.09. The van der Waals surface area contributed by atoms with Crippen LogP contribution in [-0.2, 0) is 19.6 Å². The number of amides is 2. The third kappa shape index (κ3) is 5.98. The average Bonchev–Trinajstić information content (AvgIpc) is 2.59. The Balaban J connectivity index is 1.91. The molecule has 0 fully saturated rings. The van der Waals surface area contributed by atoms with Crippen LogP contribution in [0.4, 0.5) is 20.2 Å². The van der Waals surface area contributed by atoms with Crippen molar-refractivity contribution < 1.29 is 26.8 Å². The minimum atomic E-state index is -4.09. The summed E-state index contributed by atoms with van der Waals surface area (Å²) in [5.41, 5.74) is 0.735. The van der Waals surface area contributed by atoms with E-state index in [4.69, 9.17) is 11.6 Å². The van der Waals surface area contributed by atoms with E-state index >= 15 is 0 Å². The molecule has 0 aliphatic rings. The Hall–Kier alpha value is -2.56. The van der Waals surface area contributed by atoms with Crippen LogP contribution in [0.25, 0.3) is 0 Å². The third-order valence-electron chi connectivity index (χ3n) is 3.41. The second-order valence-corrected chi connectivity index (χ2v) is 7.82. The van der Waals surface area contributed by atoms with Gasteiger partial charge in [0.2, 0.25) is 21.8 Å². The molecule has 2 rings (SSSR count). The van der Waals surface area contributed by atoms with Crippen LogP contribution in [0.3, 0.4) is 0 Å². The molecule has 0 saturated carbocycles. The highest BCUT2D eigenvalue weighted by Crippen LogP contribution is 2.25. The van der Waals surface area contributed by atoms with Crippen LogP contribution in [0.15, 0.2) is 41.3 Å². The zero-order valence-corrected chi connectivity index (χ0v) is 16.1. The Kier molecular flexibility index (Phi) is 7.05. The first-order chi connectivity index (χ1) is 13.1. The number of sulfonamides is 1. The lowest BCUT2D eigenvalue weighted by molar-refractivity contribution is -0.116. The van der Waals surface area contributed by atoms with Crippen LogP contribution in [0.5, 0.6) is 0 Å². The summed E-state index contributed by atoms with van der Waals surface area (Å²) < 4.78 is 52.2. The van der Waals surface area contributed by atoms with E-state index in [2.05, 4.69) is 15.4 Å². The Morgan fingerprint density at radius 2 is 1.75 bits per heavy atom. The molecule has 0 radical (unpaired) electrons. The molecule has 0 spiro atoms. The van der Waals surface area contributed by atoms with E-state index in [0.29, 0.717) is 23.5 Å². The number of hydrogen-bond acceptors (Lipinski definition) is 4. The van der Waals surface area contributed by atoms with Crippen LogP contribution in [-0.4, -0.2) is 26.8 Å². The summed E-state index contributed by atoms with van der Waals surface area (Å²) in [6, 6.07) is 6.61. The second-order valence-electron chi connectivity index (χ2n) is 5.65. The van der Waals surface area contributed by atoms with Gasteiger partial charge in [-0.25, -0.2) is 21.9 Å². The van der Waals surface area contributed by atoms with E-state index in [-0.39, 0.29) is 23.9 Å². The first-order valence-corrected chi connectivity index (χ1v) is 9.76. The minimum absolute atomic E-state index is 0.214. The van der Waals surface area contributed by atoms with E-state index < -0.39 is 32.5 Å². The summed E-state index contributed by atoms with van der Waals surface area (Å²) in [6.45, 7) is 1.07. The van der Waals surface area contributed by atoms with Gasteiger partial charge >= 0.3 is 0 Å². The first-order valence-electron chi connectivity index (χ1n) is 7.90. The molecule has 0 aliphatic carbocycles. The van der Waals surface area contributed by atoms with Crippen molar-refractivity contribution in [3.05, 3.63) is 53.1 Å². The maximum atomic E-state index is 13.2. The molecule has 0 saturated heterocycles. The molecule has 11 heteroatoms. The van der Waals surface area contributed by atoms with Gasteiger partial charge in [-0.3, -0.25) is 9.59 Å². The number of halogens is 3. The molecule has 0 atom stereocenters. The van der Waals surface area contributed by atoms with Gasteiger partial charge in [-0.2, -0.15) is 0 Å². The van der Waals surface area contributed by atoms with Crippen LogP contribution >= 0.6 is 11.6 Å². The fraction of sp³-hybridized carbons (Fsp3) is 0.176. The van der Waals surface area contributed by atoms with Gasteiger partial charge < -0.3 is 10.6 Å². The maximum absolute atomic E-state index is 13.2. The monoisotopic (exact) mass is 431 g/mol. The Morgan fingerprint density at radius 3 is 2.36 bits per heavy atom. The zero-order chi connectivity index (χ0) is 20.9. The second kappa shape index (κ2) is 9.09. The molecule has 0 heterocycles. The van der Waals surface area contributed by atoms with Gasteiger partial charge in [0.1, 0.15) is 0 Å². The first kappa shape index (κ1) is 21.7. The zero-order valence-electron chi connectivity index (χ0n) is 14.6. The molecule has 2 amide bonds. The lowest BCUT2D eigenvalue weighted by Gasteiger charge is -2.10. The molecule has 0 aliphatic heterocycles. The Morgan fingerprint density at radius 1 is 1.04 bits per heavy atom. The van der Waals surface area contributed by atoms with Crippen molar-refractivity contribution >= 4 is 44.8 Å². The highest BCUT2D eigenvalue weighted by atomic mass is 35.5. The van der Waals surface area contributed by atoms with Gasteiger partial charge in [0.15, 0.2) is 11.6 Å². The molecule has 150 valence electrons. The lowest BCUT2D eigenvalue weighted by Crippen LogP contribution is -2.28. The predicted molar refractivity (Wildman–Crippen MR) is 101 cm³/mol. The Labute approximate surface area is 165 Å². The van der Waals surface area contributed by atoms with Crippen molar-refractivity contribution in [3.8, 4) is 0 Å². The number of anilines is 2. The average molecular weight is 432 g/mol. The van der Waals surface area contributed by atoms with Crippen molar-refractivity contribution in [1.82, 2.24) is 4.72 Å². The molecule has 2 aromatic carbocycles. The third-order valence-corrected chi connectivity index (χ3v) is 5.18. The smallest absolute Gasteiger partial charge is 0.240 e. The quantitative estimate of drug-likeness (QED) is 0.627. The number of hydrogen-bond donors (Lipinski definition) is 3. The molecule has 7 nitrogen and oxygen atoms in total. The van der Waals surface area contributed by atoms with E-state index in [1.54, 1.807) is 0 Å². The largest absolute Gasteiger partial charge is 0.326 e. The fourth-order valence-electron chi connectivity index (χ4n) is 2.13. The van der Waals surface area contributed by atoms with Gasteiger partial charge in [-0.05, 0) is 36.4 Å². The van der Waals surface area contributed by atoms with Crippen molar-refractivity contribution in [3.63, 3.8) is 0 Å². The van der Waals surface area contributed by atoms with Crippen LogP contribution in [0.1, 0.15) is 13.3 Å². The van der Waals surface area contributed by atoms with Crippen molar-refractivity contribution in [2.45, 2.75) is 18.2 Å². The molecular weight excluding hydrogens is 416 g/mol.